The second-order valence-electron chi connectivity index (χ2n) is 3.19. The van der Waals surface area contributed by atoms with E-state index in [0.29, 0.717) is 17.2 Å². The Morgan fingerprint density at radius 3 is 2.71 bits per heavy atom. The van der Waals surface area contributed by atoms with Gasteiger partial charge in [0.1, 0.15) is 23.8 Å². The average molecular weight is 236 g/mol. The second-order valence-corrected chi connectivity index (χ2v) is 3.19. The lowest BCUT2D eigenvalue weighted by molar-refractivity contribution is 0.271. The average Bonchev–Trinajstić information content (AvgIpc) is 2.86. The van der Waals surface area contributed by atoms with Crippen LogP contribution in [0, 0.1) is 0 Å². The largest absolute Gasteiger partial charge is 0.497 e. The molecule has 1 aromatic heterocycles. The summed E-state index contributed by atoms with van der Waals surface area (Å²) in [4.78, 5) is 1.28. The molecule has 7 heteroatoms. The third kappa shape index (κ3) is 2.18. The van der Waals surface area contributed by atoms with Gasteiger partial charge in [-0.3, -0.25) is 0 Å². The molecule has 1 N–H and O–H groups in total. The van der Waals surface area contributed by atoms with Crippen molar-refractivity contribution in [3.8, 4) is 17.2 Å². The number of tetrazole rings is 1. The Morgan fingerprint density at radius 2 is 2.12 bits per heavy atom. The fourth-order valence-corrected chi connectivity index (χ4v) is 1.36. The van der Waals surface area contributed by atoms with E-state index in [-0.39, 0.29) is 12.4 Å². The SMILES string of the molecule is COc1ccc(OC)c(-n2nnc(CO)n2)c1. The molecule has 7 nitrogen and oxygen atoms in total. The molecule has 0 atom stereocenters. The lowest BCUT2D eigenvalue weighted by Gasteiger charge is -2.08. The van der Waals surface area contributed by atoms with Crippen molar-refractivity contribution < 1.29 is 14.6 Å². The Hall–Kier alpha value is -2.15. The Morgan fingerprint density at radius 1 is 1.29 bits per heavy atom. The van der Waals surface area contributed by atoms with Crippen LogP contribution in [0.2, 0.25) is 0 Å². The van der Waals surface area contributed by atoms with E-state index in [1.54, 1.807) is 32.4 Å². The van der Waals surface area contributed by atoms with Gasteiger partial charge in [-0.15, -0.1) is 15.0 Å². The molecular weight excluding hydrogens is 224 g/mol. The monoisotopic (exact) mass is 236 g/mol. The van der Waals surface area contributed by atoms with E-state index < -0.39 is 0 Å². The summed E-state index contributed by atoms with van der Waals surface area (Å²) in [5.41, 5.74) is 0.596. The molecular formula is C10H12N4O3. The minimum Gasteiger partial charge on any atom is -0.497 e. The number of hydrogen-bond acceptors (Lipinski definition) is 6. The second kappa shape index (κ2) is 4.79. The van der Waals surface area contributed by atoms with Gasteiger partial charge in [-0.1, -0.05) is 0 Å². The topological polar surface area (TPSA) is 82.3 Å². The van der Waals surface area contributed by atoms with Crippen LogP contribution in [0.4, 0.5) is 0 Å². The number of hydrogen-bond donors (Lipinski definition) is 1. The number of rotatable bonds is 4. The lowest BCUT2D eigenvalue weighted by atomic mass is 10.3. The van der Waals surface area contributed by atoms with Gasteiger partial charge in [0.2, 0.25) is 5.82 Å². The zero-order valence-corrected chi connectivity index (χ0v) is 9.49. The highest BCUT2D eigenvalue weighted by atomic mass is 16.5. The van der Waals surface area contributed by atoms with E-state index in [1.165, 1.54) is 4.80 Å². The maximum Gasteiger partial charge on any atom is 0.200 e. The molecule has 0 spiro atoms. The van der Waals surface area contributed by atoms with Crippen LogP contribution in [0.15, 0.2) is 18.2 Å². The third-order valence-electron chi connectivity index (χ3n) is 2.20. The molecule has 0 radical (unpaired) electrons. The van der Waals surface area contributed by atoms with Crippen LogP contribution in [0.1, 0.15) is 5.82 Å². The standard InChI is InChI=1S/C10H12N4O3/c1-16-7-3-4-9(17-2)8(5-7)14-12-10(6-15)11-13-14/h3-5,15H,6H2,1-2H3. The predicted molar refractivity (Wildman–Crippen MR) is 58.2 cm³/mol. The zero-order valence-electron chi connectivity index (χ0n) is 9.49. The molecule has 0 aliphatic heterocycles. The summed E-state index contributed by atoms with van der Waals surface area (Å²) in [6.45, 7) is -0.258. The fraction of sp³-hybridized carbons (Fsp3) is 0.300. The summed E-state index contributed by atoms with van der Waals surface area (Å²) >= 11 is 0. The quantitative estimate of drug-likeness (QED) is 0.815. The summed E-state index contributed by atoms with van der Waals surface area (Å²) in [6.07, 6.45) is 0. The Bertz CT molecular complexity index is 512. The van der Waals surface area contributed by atoms with Crippen LogP contribution < -0.4 is 9.47 Å². The predicted octanol–water partition coefficient (Wildman–Crippen LogP) is 0.172. The van der Waals surface area contributed by atoms with Gasteiger partial charge in [-0.05, 0) is 17.3 Å². The van der Waals surface area contributed by atoms with Crippen LogP contribution in [0.5, 0.6) is 11.5 Å². The molecule has 0 saturated carbocycles. The molecule has 0 fully saturated rings. The molecule has 2 aromatic rings. The van der Waals surface area contributed by atoms with Gasteiger partial charge in [0.05, 0.1) is 14.2 Å². The first kappa shape index (κ1) is 11.3. The normalized spacial score (nSPS) is 10.3. The number of aliphatic hydroxyl groups is 1. The zero-order chi connectivity index (χ0) is 12.3. The van der Waals surface area contributed by atoms with E-state index >= 15 is 0 Å². The lowest BCUT2D eigenvalue weighted by Crippen LogP contribution is -2.03. The van der Waals surface area contributed by atoms with Crippen molar-refractivity contribution >= 4 is 0 Å². The van der Waals surface area contributed by atoms with Crippen LogP contribution in [-0.4, -0.2) is 39.5 Å². The van der Waals surface area contributed by atoms with Crippen molar-refractivity contribution in [2.75, 3.05) is 14.2 Å². The number of ether oxygens (including phenoxy) is 2. The highest BCUT2D eigenvalue weighted by Crippen LogP contribution is 2.26. The summed E-state index contributed by atoms with van der Waals surface area (Å²) in [6, 6.07) is 5.24. The fourth-order valence-electron chi connectivity index (χ4n) is 1.36. The van der Waals surface area contributed by atoms with Crippen LogP contribution >= 0.6 is 0 Å². The molecule has 0 amide bonds. The number of methoxy groups -OCH3 is 2. The van der Waals surface area contributed by atoms with E-state index in [1.807, 2.05) is 0 Å². The van der Waals surface area contributed by atoms with E-state index in [0.717, 1.165) is 0 Å². The van der Waals surface area contributed by atoms with E-state index in [2.05, 4.69) is 15.4 Å². The van der Waals surface area contributed by atoms with E-state index in [9.17, 15) is 0 Å². The first-order valence-electron chi connectivity index (χ1n) is 4.90. The van der Waals surface area contributed by atoms with Crippen LogP contribution in [0.3, 0.4) is 0 Å². The Balaban J connectivity index is 2.47. The van der Waals surface area contributed by atoms with Gasteiger partial charge in [0, 0.05) is 6.07 Å². The molecule has 1 heterocycles. The highest BCUT2D eigenvalue weighted by molar-refractivity contribution is 5.49. The third-order valence-corrected chi connectivity index (χ3v) is 2.20. The number of aliphatic hydroxyl groups excluding tert-OH is 1. The van der Waals surface area contributed by atoms with Crippen molar-refractivity contribution in [1.29, 1.82) is 0 Å². The van der Waals surface area contributed by atoms with Gasteiger partial charge < -0.3 is 14.6 Å². The minimum atomic E-state index is -0.258. The first-order chi connectivity index (χ1) is 8.28. The van der Waals surface area contributed by atoms with Crippen molar-refractivity contribution in [1.82, 2.24) is 20.2 Å². The summed E-state index contributed by atoms with van der Waals surface area (Å²) in [5, 5.41) is 20.4. The molecule has 0 saturated heterocycles. The Labute approximate surface area is 97.6 Å². The molecule has 0 unspecified atom stereocenters. The molecule has 0 bridgehead atoms. The van der Waals surface area contributed by atoms with Gasteiger partial charge in [0.15, 0.2) is 0 Å². The van der Waals surface area contributed by atoms with Gasteiger partial charge >= 0.3 is 0 Å². The first-order valence-corrected chi connectivity index (χ1v) is 4.90. The van der Waals surface area contributed by atoms with Crippen molar-refractivity contribution in [2.24, 2.45) is 0 Å². The molecule has 2 rings (SSSR count). The van der Waals surface area contributed by atoms with Crippen LogP contribution in [0.25, 0.3) is 5.69 Å². The smallest absolute Gasteiger partial charge is 0.200 e. The molecule has 17 heavy (non-hydrogen) atoms. The van der Waals surface area contributed by atoms with Crippen molar-refractivity contribution in [3.63, 3.8) is 0 Å². The highest BCUT2D eigenvalue weighted by Gasteiger charge is 2.10. The van der Waals surface area contributed by atoms with Gasteiger partial charge in [-0.25, -0.2) is 0 Å². The number of nitrogens with zero attached hydrogens (tertiary/aromatic N) is 4. The van der Waals surface area contributed by atoms with Crippen molar-refractivity contribution in [3.05, 3.63) is 24.0 Å². The summed E-state index contributed by atoms with van der Waals surface area (Å²) in [7, 11) is 3.12. The van der Waals surface area contributed by atoms with Crippen molar-refractivity contribution in [2.45, 2.75) is 6.61 Å². The summed E-state index contributed by atoms with van der Waals surface area (Å²) in [5.74, 6) is 1.49. The van der Waals surface area contributed by atoms with Crippen LogP contribution in [-0.2, 0) is 6.61 Å². The molecule has 90 valence electrons. The number of benzene rings is 1. The number of aromatic nitrogens is 4. The minimum absolute atomic E-state index is 0.245. The summed E-state index contributed by atoms with van der Waals surface area (Å²) < 4.78 is 10.3. The van der Waals surface area contributed by atoms with E-state index in [4.69, 9.17) is 14.6 Å². The maximum atomic E-state index is 8.89. The molecule has 0 aliphatic carbocycles. The molecule has 0 aliphatic rings. The van der Waals surface area contributed by atoms with Gasteiger partial charge in [0.25, 0.3) is 0 Å². The Kier molecular flexibility index (Phi) is 3.20. The molecule has 1 aromatic carbocycles. The van der Waals surface area contributed by atoms with Gasteiger partial charge in [-0.2, -0.15) is 0 Å². The maximum absolute atomic E-state index is 8.89.